The fourth-order valence-corrected chi connectivity index (χ4v) is 3.80. The van der Waals surface area contributed by atoms with Crippen LogP contribution in [0.15, 0.2) is 48.7 Å². The van der Waals surface area contributed by atoms with Crippen LogP contribution in [-0.4, -0.2) is 34.3 Å². The summed E-state index contributed by atoms with van der Waals surface area (Å²) in [4.78, 5) is 30.6. The van der Waals surface area contributed by atoms with E-state index in [-0.39, 0.29) is 23.7 Å². The van der Waals surface area contributed by atoms with Crippen molar-refractivity contribution in [1.29, 1.82) is 0 Å². The van der Waals surface area contributed by atoms with Crippen molar-refractivity contribution in [2.24, 2.45) is 0 Å². The average Bonchev–Trinajstić information content (AvgIpc) is 2.94. The highest BCUT2D eigenvalue weighted by molar-refractivity contribution is 6.21. The van der Waals surface area contributed by atoms with Crippen molar-refractivity contribution in [1.82, 2.24) is 9.88 Å². The number of nitrogens with one attached hydrogen (secondary N) is 1. The first-order valence-corrected chi connectivity index (χ1v) is 9.72. The Morgan fingerprint density at radius 2 is 1.79 bits per heavy atom. The molecule has 2 aromatic carbocycles. The van der Waals surface area contributed by atoms with Crippen LogP contribution < -0.4 is 5.32 Å². The number of nitrogens with zero attached hydrogens (tertiary/aromatic N) is 2. The molecule has 1 aliphatic rings. The fraction of sp³-hybridized carbons (Fsp3) is 0.261. The lowest BCUT2D eigenvalue weighted by atomic mass is 10.1. The molecule has 148 valence electrons. The molecule has 1 aliphatic heterocycles. The standard InChI is InChI=1S/C23H22FN3O2/c1-14-9-10-25-21-19(14)12-16(24)13-20(21)26-15(2)6-5-11-27-22(28)17-7-3-4-8-18(17)23(27)29/h3-4,7-10,12-13,15,26H,5-6,11H2,1-2H3. The minimum atomic E-state index is -0.311. The highest BCUT2D eigenvalue weighted by Crippen LogP contribution is 2.27. The first-order valence-electron chi connectivity index (χ1n) is 9.72. The van der Waals surface area contributed by atoms with Gasteiger partial charge in [-0.1, -0.05) is 12.1 Å². The van der Waals surface area contributed by atoms with Gasteiger partial charge < -0.3 is 5.32 Å². The van der Waals surface area contributed by atoms with E-state index in [1.165, 1.54) is 17.0 Å². The molecule has 1 atom stereocenters. The Morgan fingerprint density at radius 1 is 1.10 bits per heavy atom. The van der Waals surface area contributed by atoms with E-state index in [0.29, 0.717) is 29.8 Å². The van der Waals surface area contributed by atoms with Gasteiger partial charge in [0, 0.05) is 24.2 Å². The maximum Gasteiger partial charge on any atom is 0.261 e. The van der Waals surface area contributed by atoms with Gasteiger partial charge >= 0.3 is 0 Å². The summed E-state index contributed by atoms with van der Waals surface area (Å²) in [6.07, 6.45) is 3.09. The van der Waals surface area contributed by atoms with Crippen LogP contribution in [0.4, 0.5) is 10.1 Å². The monoisotopic (exact) mass is 391 g/mol. The largest absolute Gasteiger partial charge is 0.381 e. The van der Waals surface area contributed by atoms with Crippen molar-refractivity contribution >= 4 is 28.4 Å². The van der Waals surface area contributed by atoms with Crippen LogP contribution in [0.1, 0.15) is 46.0 Å². The number of aromatic nitrogens is 1. The Balaban J connectivity index is 1.40. The third kappa shape index (κ3) is 3.58. The smallest absolute Gasteiger partial charge is 0.261 e. The molecule has 5 nitrogen and oxygen atoms in total. The molecule has 0 aliphatic carbocycles. The predicted octanol–water partition coefficient (Wildman–Crippen LogP) is 4.56. The molecule has 0 bridgehead atoms. The number of carbonyl (C=O) groups is 2. The molecular formula is C23H22FN3O2. The van der Waals surface area contributed by atoms with Gasteiger partial charge in [0.15, 0.2) is 0 Å². The van der Waals surface area contributed by atoms with Crippen LogP contribution in [0.25, 0.3) is 10.9 Å². The third-order valence-electron chi connectivity index (χ3n) is 5.33. The van der Waals surface area contributed by atoms with Gasteiger partial charge in [0.25, 0.3) is 11.8 Å². The molecule has 1 unspecified atom stereocenters. The molecule has 3 aromatic rings. The van der Waals surface area contributed by atoms with Gasteiger partial charge in [0.2, 0.25) is 0 Å². The third-order valence-corrected chi connectivity index (χ3v) is 5.33. The molecule has 6 heteroatoms. The summed E-state index contributed by atoms with van der Waals surface area (Å²) in [5.41, 5.74) is 3.29. The van der Waals surface area contributed by atoms with Crippen molar-refractivity contribution in [2.45, 2.75) is 32.7 Å². The number of halogens is 1. The lowest BCUT2D eigenvalue weighted by Gasteiger charge is -2.19. The number of rotatable bonds is 6. The van der Waals surface area contributed by atoms with Gasteiger partial charge in [0.05, 0.1) is 22.3 Å². The SMILES string of the molecule is Cc1ccnc2c(NC(C)CCCN3C(=O)c4ccccc4C3=O)cc(F)cc12. The summed E-state index contributed by atoms with van der Waals surface area (Å²) < 4.78 is 14.1. The molecule has 4 rings (SSSR count). The molecule has 0 spiro atoms. The number of carbonyl (C=O) groups excluding carboxylic acids is 2. The van der Waals surface area contributed by atoms with Gasteiger partial charge in [-0.15, -0.1) is 0 Å². The molecule has 0 saturated heterocycles. The number of pyridine rings is 1. The molecule has 0 radical (unpaired) electrons. The molecule has 2 amide bonds. The van der Waals surface area contributed by atoms with E-state index in [2.05, 4.69) is 10.3 Å². The number of amides is 2. The fourth-order valence-electron chi connectivity index (χ4n) is 3.80. The number of imide groups is 1. The van der Waals surface area contributed by atoms with Crippen LogP contribution in [-0.2, 0) is 0 Å². The van der Waals surface area contributed by atoms with Crippen LogP contribution in [0.2, 0.25) is 0 Å². The highest BCUT2D eigenvalue weighted by atomic mass is 19.1. The number of hydrogen-bond acceptors (Lipinski definition) is 4. The van der Waals surface area contributed by atoms with Crippen molar-refractivity contribution in [3.8, 4) is 0 Å². The van der Waals surface area contributed by atoms with Crippen LogP contribution >= 0.6 is 0 Å². The van der Waals surface area contributed by atoms with Crippen molar-refractivity contribution < 1.29 is 14.0 Å². The summed E-state index contributed by atoms with van der Waals surface area (Å²) in [7, 11) is 0. The maximum absolute atomic E-state index is 14.1. The topological polar surface area (TPSA) is 62.3 Å². The minimum Gasteiger partial charge on any atom is -0.381 e. The summed E-state index contributed by atoms with van der Waals surface area (Å²) >= 11 is 0. The summed E-state index contributed by atoms with van der Waals surface area (Å²) in [6.45, 7) is 4.28. The Bertz CT molecular complexity index is 1080. The Morgan fingerprint density at radius 3 is 2.48 bits per heavy atom. The van der Waals surface area contributed by atoms with Crippen molar-refractivity contribution in [2.75, 3.05) is 11.9 Å². The summed E-state index contributed by atoms with van der Waals surface area (Å²) in [6, 6.07) is 11.7. The Labute approximate surface area is 168 Å². The van der Waals surface area contributed by atoms with Gasteiger partial charge in [-0.05, 0) is 62.6 Å². The van der Waals surface area contributed by atoms with Gasteiger partial charge in [-0.2, -0.15) is 0 Å². The van der Waals surface area contributed by atoms with E-state index < -0.39 is 0 Å². The molecule has 2 heterocycles. The number of benzene rings is 2. The Kier molecular flexibility index (Phi) is 5.01. The van der Waals surface area contributed by atoms with E-state index in [0.717, 1.165) is 22.9 Å². The van der Waals surface area contributed by atoms with Gasteiger partial charge in [0.1, 0.15) is 5.82 Å². The van der Waals surface area contributed by atoms with Crippen LogP contribution in [0, 0.1) is 12.7 Å². The van der Waals surface area contributed by atoms with Crippen molar-refractivity contribution in [3.63, 3.8) is 0 Å². The predicted molar refractivity (Wildman–Crippen MR) is 111 cm³/mol. The molecule has 1 aromatic heterocycles. The number of fused-ring (bicyclic) bond motifs is 2. The molecule has 29 heavy (non-hydrogen) atoms. The lowest BCUT2D eigenvalue weighted by molar-refractivity contribution is 0.0651. The van der Waals surface area contributed by atoms with Crippen LogP contribution in [0.5, 0.6) is 0 Å². The zero-order valence-corrected chi connectivity index (χ0v) is 16.4. The summed E-state index contributed by atoms with van der Waals surface area (Å²) in [5, 5.41) is 4.11. The highest BCUT2D eigenvalue weighted by Gasteiger charge is 2.34. The lowest BCUT2D eigenvalue weighted by Crippen LogP contribution is -2.31. The molecule has 1 N–H and O–H groups in total. The Hall–Kier alpha value is -3.28. The zero-order chi connectivity index (χ0) is 20.5. The molecule has 0 saturated carbocycles. The van der Waals surface area contributed by atoms with E-state index in [1.54, 1.807) is 30.5 Å². The number of hydrogen-bond donors (Lipinski definition) is 1. The van der Waals surface area contributed by atoms with E-state index in [4.69, 9.17) is 0 Å². The second-order valence-corrected chi connectivity index (χ2v) is 7.47. The normalized spacial score (nSPS) is 14.4. The first kappa shape index (κ1) is 19.1. The van der Waals surface area contributed by atoms with E-state index >= 15 is 0 Å². The second kappa shape index (κ2) is 7.62. The number of anilines is 1. The second-order valence-electron chi connectivity index (χ2n) is 7.47. The van der Waals surface area contributed by atoms with Crippen LogP contribution in [0.3, 0.4) is 0 Å². The molecule has 0 fully saturated rings. The van der Waals surface area contributed by atoms with E-state index in [1.807, 2.05) is 19.9 Å². The maximum atomic E-state index is 14.1. The zero-order valence-electron chi connectivity index (χ0n) is 16.4. The summed E-state index contributed by atoms with van der Waals surface area (Å²) in [5.74, 6) is -0.779. The van der Waals surface area contributed by atoms with Gasteiger partial charge in [-0.25, -0.2) is 4.39 Å². The average molecular weight is 391 g/mol. The first-order chi connectivity index (χ1) is 14.0. The van der Waals surface area contributed by atoms with Crippen molar-refractivity contribution in [3.05, 3.63) is 71.2 Å². The minimum absolute atomic E-state index is 0.0255. The van der Waals surface area contributed by atoms with E-state index in [9.17, 15) is 14.0 Å². The quantitative estimate of drug-likeness (QED) is 0.626. The number of aryl methyl sites for hydroxylation is 1. The molecular weight excluding hydrogens is 369 g/mol. The van der Waals surface area contributed by atoms with Gasteiger partial charge in [-0.3, -0.25) is 19.5 Å².